The van der Waals surface area contributed by atoms with Gasteiger partial charge in [0.1, 0.15) is 11.4 Å². The Morgan fingerprint density at radius 2 is 2.37 bits per heavy atom. The quantitative estimate of drug-likeness (QED) is 0.497. The van der Waals surface area contributed by atoms with E-state index in [-0.39, 0.29) is 23.6 Å². The van der Waals surface area contributed by atoms with Crippen molar-refractivity contribution >= 4 is 11.4 Å². The Morgan fingerprint density at radius 3 is 3.05 bits per heavy atom. The van der Waals surface area contributed by atoms with Gasteiger partial charge in [-0.1, -0.05) is 6.92 Å². The van der Waals surface area contributed by atoms with Crippen molar-refractivity contribution in [2.24, 2.45) is 0 Å². The molecule has 2 unspecified atom stereocenters. The number of phenols is 1. The molecule has 104 valence electrons. The second kappa shape index (κ2) is 5.88. The molecular weight excluding hydrogens is 248 g/mol. The maximum Gasteiger partial charge on any atom is 0.296 e. The van der Waals surface area contributed by atoms with E-state index >= 15 is 0 Å². The summed E-state index contributed by atoms with van der Waals surface area (Å²) in [5.41, 5.74) is 0.351. The van der Waals surface area contributed by atoms with Crippen LogP contribution in [0.15, 0.2) is 18.2 Å². The molecule has 6 heteroatoms. The fourth-order valence-electron chi connectivity index (χ4n) is 2.31. The number of ether oxygens (including phenoxy) is 1. The van der Waals surface area contributed by atoms with Crippen LogP contribution in [0.3, 0.4) is 0 Å². The predicted molar refractivity (Wildman–Crippen MR) is 71.4 cm³/mol. The van der Waals surface area contributed by atoms with Crippen molar-refractivity contribution in [2.45, 2.75) is 38.3 Å². The maximum atomic E-state index is 11.0. The Hall–Kier alpha value is -1.82. The molecule has 0 aromatic heterocycles. The first-order chi connectivity index (χ1) is 9.10. The van der Waals surface area contributed by atoms with Crippen molar-refractivity contribution < 1.29 is 14.8 Å². The van der Waals surface area contributed by atoms with Gasteiger partial charge in [0.25, 0.3) is 5.69 Å². The average Bonchev–Trinajstić information content (AvgIpc) is 2.41. The van der Waals surface area contributed by atoms with Crippen molar-refractivity contribution in [3.63, 3.8) is 0 Å². The standard InChI is InChI=1S/C13H18N2O4/c1-2-11-7-9(5-6-19-11)14-12-4-3-10(16)8-13(12)15(17)18/h3-4,8-9,11,14,16H,2,5-7H2,1H3. The van der Waals surface area contributed by atoms with Crippen molar-refractivity contribution in [2.75, 3.05) is 11.9 Å². The molecule has 1 fully saturated rings. The first-order valence-electron chi connectivity index (χ1n) is 6.45. The second-order valence-corrected chi connectivity index (χ2v) is 4.73. The summed E-state index contributed by atoms with van der Waals surface area (Å²) >= 11 is 0. The van der Waals surface area contributed by atoms with Crippen molar-refractivity contribution in [3.05, 3.63) is 28.3 Å². The Kier molecular flexibility index (Phi) is 4.21. The second-order valence-electron chi connectivity index (χ2n) is 4.73. The number of phenolic OH excluding ortho intramolecular Hbond substituents is 1. The summed E-state index contributed by atoms with van der Waals surface area (Å²) in [5.74, 6) is -0.101. The molecule has 1 aromatic rings. The minimum absolute atomic E-state index is 0.0976. The van der Waals surface area contributed by atoms with Crippen LogP contribution in [0.25, 0.3) is 0 Å². The van der Waals surface area contributed by atoms with E-state index in [2.05, 4.69) is 12.2 Å². The van der Waals surface area contributed by atoms with Gasteiger partial charge in [-0.15, -0.1) is 0 Å². The van der Waals surface area contributed by atoms with Gasteiger partial charge in [-0.2, -0.15) is 0 Å². The summed E-state index contributed by atoms with van der Waals surface area (Å²) < 4.78 is 5.58. The third-order valence-corrected chi connectivity index (χ3v) is 3.36. The fourth-order valence-corrected chi connectivity index (χ4v) is 2.31. The Bertz CT molecular complexity index is 464. The average molecular weight is 266 g/mol. The minimum Gasteiger partial charge on any atom is -0.508 e. The number of nitro benzene ring substituents is 1. The lowest BCUT2D eigenvalue weighted by molar-refractivity contribution is -0.384. The molecular formula is C13H18N2O4. The molecule has 0 saturated carbocycles. The zero-order chi connectivity index (χ0) is 13.8. The minimum atomic E-state index is -0.487. The highest BCUT2D eigenvalue weighted by Gasteiger charge is 2.24. The number of hydrogen-bond donors (Lipinski definition) is 2. The summed E-state index contributed by atoms with van der Waals surface area (Å²) in [6.07, 6.45) is 2.82. The van der Waals surface area contributed by atoms with Crippen molar-refractivity contribution in [1.82, 2.24) is 0 Å². The fraction of sp³-hybridized carbons (Fsp3) is 0.538. The number of nitro groups is 1. The molecule has 6 nitrogen and oxygen atoms in total. The van der Waals surface area contributed by atoms with Gasteiger partial charge in [0, 0.05) is 12.6 Å². The molecule has 0 spiro atoms. The first-order valence-corrected chi connectivity index (χ1v) is 6.45. The van der Waals surface area contributed by atoms with Gasteiger partial charge < -0.3 is 15.2 Å². The third kappa shape index (κ3) is 3.35. The van der Waals surface area contributed by atoms with Gasteiger partial charge in [-0.3, -0.25) is 10.1 Å². The lowest BCUT2D eigenvalue weighted by Gasteiger charge is -2.30. The Labute approximate surface area is 111 Å². The summed E-state index contributed by atoms with van der Waals surface area (Å²) in [7, 11) is 0. The SMILES string of the molecule is CCC1CC(Nc2ccc(O)cc2[N+](=O)[O-])CCO1. The van der Waals surface area contributed by atoms with Gasteiger partial charge in [0.2, 0.25) is 0 Å². The van der Waals surface area contributed by atoms with Crippen molar-refractivity contribution in [3.8, 4) is 5.75 Å². The zero-order valence-corrected chi connectivity index (χ0v) is 10.8. The molecule has 19 heavy (non-hydrogen) atoms. The molecule has 0 bridgehead atoms. The molecule has 1 heterocycles. The van der Waals surface area contributed by atoms with E-state index in [9.17, 15) is 15.2 Å². The third-order valence-electron chi connectivity index (χ3n) is 3.36. The van der Waals surface area contributed by atoms with Gasteiger partial charge >= 0.3 is 0 Å². The molecule has 2 atom stereocenters. The number of rotatable bonds is 4. The maximum absolute atomic E-state index is 11.0. The normalized spacial score (nSPS) is 23.0. The predicted octanol–water partition coefficient (Wildman–Crippen LogP) is 2.67. The molecule has 2 N–H and O–H groups in total. The van der Waals surface area contributed by atoms with E-state index in [4.69, 9.17) is 4.74 Å². The first kappa shape index (κ1) is 13.6. The number of nitrogens with zero attached hydrogens (tertiary/aromatic N) is 1. The summed E-state index contributed by atoms with van der Waals surface area (Å²) in [6.45, 7) is 2.73. The number of anilines is 1. The van der Waals surface area contributed by atoms with Crippen LogP contribution in [0.5, 0.6) is 5.75 Å². The van der Waals surface area contributed by atoms with Crippen LogP contribution in [0, 0.1) is 10.1 Å². The van der Waals surface area contributed by atoms with Gasteiger partial charge in [0.15, 0.2) is 0 Å². The van der Waals surface area contributed by atoms with E-state index < -0.39 is 4.92 Å². The van der Waals surface area contributed by atoms with Crippen LogP contribution in [0.2, 0.25) is 0 Å². The van der Waals surface area contributed by atoms with Crippen LogP contribution in [0.4, 0.5) is 11.4 Å². The molecule has 1 aliphatic rings. The molecule has 1 aliphatic heterocycles. The summed E-state index contributed by atoms with van der Waals surface area (Å²) in [4.78, 5) is 10.5. The highest BCUT2D eigenvalue weighted by atomic mass is 16.6. The van der Waals surface area contributed by atoms with E-state index in [0.29, 0.717) is 12.3 Å². The van der Waals surface area contributed by atoms with E-state index in [1.54, 1.807) is 6.07 Å². The Morgan fingerprint density at radius 1 is 1.58 bits per heavy atom. The highest BCUT2D eigenvalue weighted by molar-refractivity contribution is 5.64. The van der Waals surface area contributed by atoms with E-state index in [1.165, 1.54) is 12.1 Å². The largest absolute Gasteiger partial charge is 0.508 e. The zero-order valence-electron chi connectivity index (χ0n) is 10.8. The van der Waals surface area contributed by atoms with Crippen LogP contribution in [0.1, 0.15) is 26.2 Å². The van der Waals surface area contributed by atoms with Crippen LogP contribution < -0.4 is 5.32 Å². The number of nitrogens with one attached hydrogen (secondary N) is 1. The smallest absolute Gasteiger partial charge is 0.296 e. The topological polar surface area (TPSA) is 84.6 Å². The van der Waals surface area contributed by atoms with Gasteiger partial charge in [-0.05, 0) is 31.4 Å². The van der Waals surface area contributed by atoms with E-state index in [0.717, 1.165) is 19.3 Å². The number of benzene rings is 1. The molecule has 1 saturated heterocycles. The van der Waals surface area contributed by atoms with Crippen LogP contribution in [-0.2, 0) is 4.74 Å². The number of aromatic hydroxyl groups is 1. The molecule has 0 radical (unpaired) electrons. The lowest BCUT2D eigenvalue weighted by Crippen LogP contribution is -2.33. The molecule has 0 amide bonds. The molecule has 2 rings (SSSR count). The monoisotopic (exact) mass is 266 g/mol. The van der Waals surface area contributed by atoms with Gasteiger partial charge in [0.05, 0.1) is 17.1 Å². The van der Waals surface area contributed by atoms with E-state index in [1.807, 2.05) is 0 Å². The molecule has 1 aromatic carbocycles. The van der Waals surface area contributed by atoms with Crippen LogP contribution in [-0.4, -0.2) is 28.8 Å². The van der Waals surface area contributed by atoms with Crippen molar-refractivity contribution in [1.29, 1.82) is 0 Å². The van der Waals surface area contributed by atoms with Gasteiger partial charge in [-0.25, -0.2) is 0 Å². The highest BCUT2D eigenvalue weighted by Crippen LogP contribution is 2.30. The summed E-state index contributed by atoms with van der Waals surface area (Å²) in [5, 5.41) is 23.5. The lowest BCUT2D eigenvalue weighted by atomic mass is 10.0. The summed E-state index contributed by atoms with van der Waals surface area (Å²) in [6, 6.07) is 4.33. The Balaban J connectivity index is 2.12. The molecule has 0 aliphatic carbocycles. The number of hydrogen-bond acceptors (Lipinski definition) is 5. The van der Waals surface area contributed by atoms with Crippen LogP contribution >= 0.6 is 0 Å².